The molecule has 0 aliphatic rings. The van der Waals surface area contributed by atoms with E-state index in [0.717, 1.165) is 19.5 Å². The van der Waals surface area contributed by atoms with Crippen LogP contribution in [0.4, 0.5) is 17.5 Å². The number of para-hydroxylation sites is 1. The molecule has 0 amide bonds. The van der Waals surface area contributed by atoms with Gasteiger partial charge in [0, 0.05) is 6.54 Å². The van der Waals surface area contributed by atoms with Gasteiger partial charge in [0.1, 0.15) is 0 Å². The molecular formula is C16H22N6O2. The van der Waals surface area contributed by atoms with Crippen LogP contribution < -0.4 is 10.6 Å². The second-order valence-corrected chi connectivity index (χ2v) is 5.41. The van der Waals surface area contributed by atoms with Gasteiger partial charge in [-0.1, -0.05) is 12.1 Å². The summed E-state index contributed by atoms with van der Waals surface area (Å²) in [6.45, 7) is 1.78. The standard InChI is InChI=1S/C16H22N6O2/c1-22(2)10-6-9-17-14-11-18-21-16(20-14)19-13-8-5-4-7-12(13)15(23)24-3/h4-5,7-8,11H,6,9-10H2,1-3H3,(H2,17,19,20,21). The van der Waals surface area contributed by atoms with Crippen LogP contribution in [0, 0.1) is 0 Å². The number of carbonyl (C=O) groups is 1. The normalized spacial score (nSPS) is 10.5. The zero-order valence-electron chi connectivity index (χ0n) is 14.1. The molecule has 0 aliphatic heterocycles. The van der Waals surface area contributed by atoms with Crippen LogP contribution in [0.25, 0.3) is 0 Å². The van der Waals surface area contributed by atoms with E-state index in [1.54, 1.807) is 24.4 Å². The molecule has 0 bridgehead atoms. The van der Waals surface area contributed by atoms with Crippen molar-refractivity contribution in [1.82, 2.24) is 20.1 Å². The Kier molecular flexibility index (Phi) is 6.44. The van der Waals surface area contributed by atoms with E-state index in [1.807, 2.05) is 20.2 Å². The van der Waals surface area contributed by atoms with Crippen LogP contribution >= 0.6 is 0 Å². The molecule has 128 valence electrons. The lowest BCUT2D eigenvalue weighted by atomic mass is 10.2. The van der Waals surface area contributed by atoms with Crippen molar-refractivity contribution in [3.63, 3.8) is 0 Å². The van der Waals surface area contributed by atoms with Gasteiger partial charge in [-0.3, -0.25) is 0 Å². The highest BCUT2D eigenvalue weighted by Gasteiger charge is 2.12. The molecule has 0 aliphatic carbocycles. The fraction of sp³-hybridized carbons (Fsp3) is 0.375. The van der Waals surface area contributed by atoms with E-state index in [-0.39, 0.29) is 0 Å². The minimum atomic E-state index is -0.427. The van der Waals surface area contributed by atoms with Crippen molar-refractivity contribution in [2.24, 2.45) is 0 Å². The summed E-state index contributed by atoms with van der Waals surface area (Å²) in [5, 5.41) is 14.1. The maximum absolute atomic E-state index is 11.8. The third kappa shape index (κ3) is 5.17. The summed E-state index contributed by atoms with van der Waals surface area (Å²) < 4.78 is 4.77. The summed E-state index contributed by atoms with van der Waals surface area (Å²) in [7, 11) is 5.41. The van der Waals surface area contributed by atoms with Crippen LogP contribution in [-0.2, 0) is 4.74 Å². The van der Waals surface area contributed by atoms with E-state index in [4.69, 9.17) is 4.74 Å². The number of hydrogen-bond acceptors (Lipinski definition) is 8. The first-order valence-electron chi connectivity index (χ1n) is 7.63. The molecule has 8 heteroatoms. The van der Waals surface area contributed by atoms with Crippen molar-refractivity contribution in [3.8, 4) is 0 Å². The highest BCUT2D eigenvalue weighted by atomic mass is 16.5. The van der Waals surface area contributed by atoms with E-state index >= 15 is 0 Å². The molecule has 2 aromatic rings. The quantitative estimate of drug-likeness (QED) is 0.559. The molecule has 1 aromatic heterocycles. The number of ether oxygens (including phenoxy) is 1. The highest BCUT2D eigenvalue weighted by Crippen LogP contribution is 2.19. The van der Waals surface area contributed by atoms with Crippen molar-refractivity contribution in [3.05, 3.63) is 36.0 Å². The van der Waals surface area contributed by atoms with E-state index in [0.29, 0.717) is 23.0 Å². The molecule has 0 saturated heterocycles. The maximum Gasteiger partial charge on any atom is 0.339 e. The number of carbonyl (C=O) groups excluding carboxylic acids is 1. The number of methoxy groups -OCH3 is 1. The molecule has 0 atom stereocenters. The van der Waals surface area contributed by atoms with Crippen molar-refractivity contribution in [1.29, 1.82) is 0 Å². The molecule has 0 spiro atoms. The number of aromatic nitrogens is 3. The number of esters is 1. The molecule has 0 unspecified atom stereocenters. The SMILES string of the molecule is COC(=O)c1ccccc1Nc1nncc(NCCCN(C)C)n1. The van der Waals surface area contributed by atoms with Gasteiger partial charge >= 0.3 is 5.97 Å². The lowest BCUT2D eigenvalue weighted by Crippen LogP contribution is -2.17. The molecule has 2 N–H and O–H groups in total. The Morgan fingerprint density at radius 3 is 2.83 bits per heavy atom. The fourth-order valence-corrected chi connectivity index (χ4v) is 2.05. The monoisotopic (exact) mass is 330 g/mol. The van der Waals surface area contributed by atoms with E-state index in [9.17, 15) is 4.79 Å². The van der Waals surface area contributed by atoms with Gasteiger partial charge in [-0.15, -0.1) is 5.10 Å². The Balaban J connectivity index is 2.03. The molecule has 24 heavy (non-hydrogen) atoms. The van der Waals surface area contributed by atoms with Gasteiger partial charge in [0.2, 0.25) is 5.95 Å². The van der Waals surface area contributed by atoms with Crippen molar-refractivity contribution < 1.29 is 9.53 Å². The summed E-state index contributed by atoms with van der Waals surface area (Å²) in [6.07, 6.45) is 2.55. The molecule has 0 saturated carbocycles. The first-order valence-corrected chi connectivity index (χ1v) is 7.63. The number of nitrogens with one attached hydrogen (secondary N) is 2. The van der Waals surface area contributed by atoms with E-state index in [1.165, 1.54) is 7.11 Å². The van der Waals surface area contributed by atoms with Gasteiger partial charge in [0.15, 0.2) is 5.82 Å². The lowest BCUT2D eigenvalue weighted by molar-refractivity contribution is 0.0602. The Labute approximate surface area is 141 Å². The van der Waals surface area contributed by atoms with Crippen LogP contribution in [0.5, 0.6) is 0 Å². The second-order valence-electron chi connectivity index (χ2n) is 5.41. The molecule has 1 heterocycles. The van der Waals surface area contributed by atoms with Crippen LogP contribution in [-0.4, -0.2) is 60.3 Å². The predicted molar refractivity (Wildman–Crippen MR) is 92.6 cm³/mol. The fourth-order valence-electron chi connectivity index (χ4n) is 2.05. The smallest absolute Gasteiger partial charge is 0.339 e. The Hall–Kier alpha value is -2.74. The zero-order valence-corrected chi connectivity index (χ0v) is 14.1. The Morgan fingerprint density at radius 2 is 2.08 bits per heavy atom. The number of hydrogen-bond donors (Lipinski definition) is 2. The Morgan fingerprint density at radius 1 is 1.29 bits per heavy atom. The van der Waals surface area contributed by atoms with Gasteiger partial charge in [-0.25, -0.2) is 4.79 Å². The van der Waals surface area contributed by atoms with Crippen LogP contribution in [0.1, 0.15) is 16.8 Å². The molecule has 2 rings (SSSR count). The number of nitrogens with zero attached hydrogens (tertiary/aromatic N) is 4. The van der Waals surface area contributed by atoms with Gasteiger partial charge in [-0.05, 0) is 39.2 Å². The topological polar surface area (TPSA) is 92.3 Å². The van der Waals surface area contributed by atoms with Crippen molar-refractivity contribution in [2.75, 3.05) is 44.9 Å². The van der Waals surface area contributed by atoms with Crippen LogP contribution in [0.15, 0.2) is 30.5 Å². The van der Waals surface area contributed by atoms with Crippen LogP contribution in [0.3, 0.4) is 0 Å². The summed E-state index contributed by atoms with van der Waals surface area (Å²) in [5.74, 6) is 0.509. The van der Waals surface area contributed by atoms with Crippen LogP contribution in [0.2, 0.25) is 0 Å². The summed E-state index contributed by atoms with van der Waals surface area (Å²) >= 11 is 0. The van der Waals surface area contributed by atoms with Crippen molar-refractivity contribution in [2.45, 2.75) is 6.42 Å². The molecule has 0 radical (unpaired) electrons. The zero-order chi connectivity index (χ0) is 17.4. The first kappa shape index (κ1) is 17.6. The molecule has 1 aromatic carbocycles. The average molecular weight is 330 g/mol. The average Bonchev–Trinajstić information content (AvgIpc) is 2.59. The predicted octanol–water partition coefficient (Wildman–Crippen LogP) is 1.77. The van der Waals surface area contributed by atoms with Gasteiger partial charge in [-0.2, -0.15) is 10.1 Å². The molecule has 0 fully saturated rings. The molecule has 8 nitrogen and oxygen atoms in total. The number of benzene rings is 1. The number of anilines is 3. The van der Waals surface area contributed by atoms with Gasteiger partial charge < -0.3 is 20.3 Å². The minimum absolute atomic E-state index is 0.309. The molecular weight excluding hydrogens is 308 g/mol. The highest BCUT2D eigenvalue weighted by molar-refractivity contribution is 5.96. The van der Waals surface area contributed by atoms with Gasteiger partial charge in [0.05, 0.1) is 24.6 Å². The number of rotatable bonds is 8. The summed E-state index contributed by atoms with van der Waals surface area (Å²) in [6, 6.07) is 7.00. The summed E-state index contributed by atoms with van der Waals surface area (Å²) in [5.41, 5.74) is 0.976. The Bertz CT molecular complexity index is 677. The minimum Gasteiger partial charge on any atom is -0.465 e. The lowest BCUT2D eigenvalue weighted by Gasteiger charge is -2.11. The third-order valence-electron chi connectivity index (χ3n) is 3.23. The van der Waals surface area contributed by atoms with E-state index < -0.39 is 5.97 Å². The first-order chi connectivity index (χ1) is 11.6. The van der Waals surface area contributed by atoms with Crippen molar-refractivity contribution >= 4 is 23.4 Å². The summed E-state index contributed by atoms with van der Waals surface area (Å²) in [4.78, 5) is 18.3. The largest absolute Gasteiger partial charge is 0.465 e. The second kappa shape index (κ2) is 8.78. The van der Waals surface area contributed by atoms with E-state index in [2.05, 4.69) is 30.7 Å². The van der Waals surface area contributed by atoms with Gasteiger partial charge in [0.25, 0.3) is 0 Å². The third-order valence-corrected chi connectivity index (χ3v) is 3.23. The maximum atomic E-state index is 11.8.